The Morgan fingerprint density at radius 3 is 2.88 bits per heavy atom. The number of aliphatic hydroxyl groups excluding tert-OH is 1. The number of hydrogen-bond acceptors (Lipinski definition) is 6. The van der Waals surface area contributed by atoms with Gasteiger partial charge < -0.3 is 20.7 Å². The van der Waals surface area contributed by atoms with Gasteiger partial charge in [-0.2, -0.15) is 4.98 Å². The molecule has 0 amide bonds. The molecule has 0 radical (unpaired) electrons. The van der Waals surface area contributed by atoms with E-state index in [9.17, 15) is 4.79 Å². The molecule has 8 nitrogen and oxygen atoms in total. The first kappa shape index (κ1) is 10.4. The van der Waals surface area contributed by atoms with Crippen molar-refractivity contribution in [3.8, 4) is 0 Å². The van der Waals surface area contributed by atoms with E-state index in [1.165, 1.54) is 6.92 Å². The van der Waals surface area contributed by atoms with Crippen LogP contribution in [0.4, 0.5) is 5.95 Å². The van der Waals surface area contributed by atoms with E-state index in [1.807, 2.05) is 0 Å². The third-order valence-electron chi connectivity index (χ3n) is 1.88. The van der Waals surface area contributed by atoms with E-state index in [-0.39, 0.29) is 11.5 Å². The van der Waals surface area contributed by atoms with Gasteiger partial charge in [0.25, 0.3) is 0 Å². The normalized spacial score (nSPS) is 12.9. The summed E-state index contributed by atoms with van der Waals surface area (Å²) in [4.78, 5) is 27.3. The van der Waals surface area contributed by atoms with Gasteiger partial charge in [-0.15, -0.1) is 4.73 Å². The summed E-state index contributed by atoms with van der Waals surface area (Å²) in [6.07, 6.45) is -1.17. The number of fused-ring (bicyclic) bond motifs is 1. The molecule has 0 spiro atoms. The molecule has 0 aromatic carbocycles. The zero-order chi connectivity index (χ0) is 11.9. The minimum Gasteiger partial charge on any atom is -0.376 e. The predicted molar refractivity (Wildman–Crippen MR) is 55.6 cm³/mol. The lowest BCUT2D eigenvalue weighted by molar-refractivity contribution is -0.0921. The molecule has 2 aromatic heterocycles. The van der Waals surface area contributed by atoms with Crippen LogP contribution in [0.1, 0.15) is 12.7 Å². The lowest BCUT2D eigenvalue weighted by Crippen LogP contribution is -2.34. The summed E-state index contributed by atoms with van der Waals surface area (Å²) < 4.78 is 0.716. The van der Waals surface area contributed by atoms with Crippen molar-refractivity contribution < 1.29 is 9.94 Å². The molecule has 1 unspecified atom stereocenters. The number of aliphatic hydroxyl groups is 1. The van der Waals surface area contributed by atoms with Gasteiger partial charge in [0.15, 0.2) is 11.2 Å². The number of H-pyrrole nitrogens is 1. The van der Waals surface area contributed by atoms with Crippen LogP contribution in [0.25, 0.3) is 11.2 Å². The summed E-state index contributed by atoms with van der Waals surface area (Å²) in [5.41, 5.74) is 5.37. The Hall–Kier alpha value is -2.09. The number of aryl methyl sites for hydroxylation is 1. The van der Waals surface area contributed by atoms with Crippen LogP contribution in [-0.4, -0.2) is 31.1 Å². The molecule has 2 aromatic rings. The fourth-order valence-corrected chi connectivity index (χ4v) is 1.32. The molecule has 86 valence electrons. The first-order valence-corrected chi connectivity index (χ1v) is 4.59. The number of imidazole rings is 1. The summed E-state index contributed by atoms with van der Waals surface area (Å²) in [5, 5.41) is 9.04. The van der Waals surface area contributed by atoms with Crippen LogP contribution in [-0.2, 0) is 0 Å². The van der Waals surface area contributed by atoms with E-state index in [0.29, 0.717) is 16.2 Å². The number of aromatic nitrogens is 4. The van der Waals surface area contributed by atoms with Gasteiger partial charge in [-0.05, 0) is 6.92 Å². The van der Waals surface area contributed by atoms with E-state index in [1.54, 1.807) is 6.92 Å². The smallest absolute Gasteiger partial charge is 0.316 e. The molecule has 0 saturated heterocycles. The second-order valence-corrected chi connectivity index (χ2v) is 3.29. The third kappa shape index (κ3) is 1.58. The zero-order valence-corrected chi connectivity index (χ0v) is 8.76. The molecule has 8 heteroatoms. The quantitative estimate of drug-likeness (QED) is 0.551. The number of nitrogens with one attached hydrogen (secondary N) is 1. The van der Waals surface area contributed by atoms with Gasteiger partial charge in [0, 0.05) is 6.92 Å². The Labute approximate surface area is 89.6 Å². The summed E-state index contributed by atoms with van der Waals surface area (Å²) >= 11 is 0. The number of nitrogens with two attached hydrogens (primary N) is 1. The molecule has 2 heterocycles. The highest BCUT2D eigenvalue weighted by Gasteiger charge is 2.14. The summed E-state index contributed by atoms with van der Waals surface area (Å²) in [6.45, 7) is 3.04. The number of hydrogen-bond donors (Lipinski definition) is 3. The maximum atomic E-state index is 11.8. The summed E-state index contributed by atoms with van der Waals surface area (Å²) in [7, 11) is 0. The summed E-state index contributed by atoms with van der Waals surface area (Å²) in [5.74, 6) is 0.399. The predicted octanol–water partition coefficient (Wildman–Crippen LogP) is -1.22. The van der Waals surface area contributed by atoms with Crippen LogP contribution in [0.5, 0.6) is 0 Å². The SMILES string of the molecule is Cc1nc2c(=O)n(OC(C)O)c(N)nc2[nH]1. The van der Waals surface area contributed by atoms with Crippen molar-refractivity contribution in [1.82, 2.24) is 19.7 Å². The van der Waals surface area contributed by atoms with Crippen molar-refractivity contribution in [2.75, 3.05) is 5.73 Å². The standard InChI is InChI=1S/C8H11N5O3/c1-3-10-5-6(11-3)12-8(9)13(7(5)15)16-4(2)14/h4,14H,1-2H3,(H2,9,12)(H,10,11). The number of anilines is 1. The van der Waals surface area contributed by atoms with Crippen molar-refractivity contribution in [2.24, 2.45) is 0 Å². The van der Waals surface area contributed by atoms with E-state index >= 15 is 0 Å². The van der Waals surface area contributed by atoms with Crippen LogP contribution >= 0.6 is 0 Å². The van der Waals surface area contributed by atoms with Crippen LogP contribution in [0.15, 0.2) is 4.79 Å². The van der Waals surface area contributed by atoms with E-state index in [2.05, 4.69) is 15.0 Å². The molecular weight excluding hydrogens is 214 g/mol. The molecule has 2 rings (SSSR count). The highest BCUT2D eigenvalue weighted by molar-refractivity contribution is 5.70. The van der Waals surface area contributed by atoms with E-state index in [4.69, 9.17) is 15.7 Å². The number of aromatic amines is 1. The van der Waals surface area contributed by atoms with Crippen molar-refractivity contribution in [3.63, 3.8) is 0 Å². The van der Waals surface area contributed by atoms with Crippen molar-refractivity contribution in [3.05, 3.63) is 16.2 Å². The van der Waals surface area contributed by atoms with Gasteiger partial charge in [-0.25, -0.2) is 4.98 Å². The fourth-order valence-electron chi connectivity index (χ4n) is 1.32. The molecule has 16 heavy (non-hydrogen) atoms. The number of nitrogens with zero attached hydrogens (tertiary/aromatic N) is 3. The van der Waals surface area contributed by atoms with Gasteiger partial charge in [-0.1, -0.05) is 0 Å². The second kappa shape index (κ2) is 3.49. The van der Waals surface area contributed by atoms with Gasteiger partial charge in [0.05, 0.1) is 0 Å². The van der Waals surface area contributed by atoms with E-state index in [0.717, 1.165) is 0 Å². The molecule has 0 saturated carbocycles. The molecule has 0 aliphatic rings. The van der Waals surface area contributed by atoms with Crippen LogP contribution < -0.4 is 16.1 Å². The molecule has 0 aliphatic heterocycles. The third-order valence-corrected chi connectivity index (χ3v) is 1.88. The minimum absolute atomic E-state index is 0.118. The largest absolute Gasteiger partial charge is 0.376 e. The second-order valence-electron chi connectivity index (χ2n) is 3.29. The van der Waals surface area contributed by atoms with Crippen molar-refractivity contribution in [1.29, 1.82) is 0 Å². The van der Waals surface area contributed by atoms with Crippen LogP contribution in [0.2, 0.25) is 0 Å². The average Bonchev–Trinajstić information content (AvgIpc) is 2.53. The average molecular weight is 225 g/mol. The van der Waals surface area contributed by atoms with Gasteiger partial charge in [0.1, 0.15) is 5.82 Å². The fraction of sp³-hybridized carbons (Fsp3) is 0.375. The highest BCUT2D eigenvalue weighted by Crippen LogP contribution is 2.05. The maximum absolute atomic E-state index is 11.8. The topological polar surface area (TPSA) is 119 Å². The number of nitrogen functional groups attached to an aromatic ring is 1. The molecule has 1 atom stereocenters. The molecule has 4 N–H and O–H groups in total. The first-order valence-electron chi connectivity index (χ1n) is 4.59. The Kier molecular flexibility index (Phi) is 2.27. The lowest BCUT2D eigenvalue weighted by atomic mass is 10.5. The van der Waals surface area contributed by atoms with Crippen molar-refractivity contribution in [2.45, 2.75) is 20.1 Å². The summed E-state index contributed by atoms with van der Waals surface area (Å²) in [6, 6.07) is 0. The molecule has 0 fully saturated rings. The van der Waals surface area contributed by atoms with Crippen molar-refractivity contribution >= 4 is 17.1 Å². The monoisotopic (exact) mass is 225 g/mol. The van der Waals surface area contributed by atoms with Crippen LogP contribution in [0, 0.1) is 6.92 Å². The Balaban J connectivity index is 2.70. The van der Waals surface area contributed by atoms with Crippen LogP contribution in [0.3, 0.4) is 0 Å². The first-order chi connectivity index (χ1) is 7.49. The number of rotatable bonds is 2. The van der Waals surface area contributed by atoms with Gasteiger partial charge in [-0.3, -0.25) is 4.79 Å². The Morgan fingerprint density at radius 2 is 2.25 bits per heavy atom. The maximum Gasteiger partial charge on any atom is 0.316 e. The Bertz CT molecular complexity index is 585. The molecule has 0 bridgehead atoms. The minimum atomic E-state index is -1.17. The van der Waals surface area contributed by atoms with Gasteiger partial charge >= 0.3 is 5.56 Å². The van der Waals surface area contributed by atoms with E-state index < -0.39 is 11.8 Å². The lowest BCUT2D eigenvalue weighted by Gasteiger charge is -2.11. The highest BCUT2D eigenvalue weighted by atomic mass is 16.7. The Morgan fingerprint density at radius 1 is 1.56 bits per heavy atom. The van der Waals surface area contributed by atoms with Gasteiger partial charge in [0.2, 0.25) is 12.2 Å². The molecule has 0 aliphatic carbocycles. The molecular formula is C8H11N5O3. The zero-order valence-electron chi connectivity index (χ0n) is 8.76.